The lowest BCUT2D eigenvalue weighted by molar-refractivity contribution is 0.0143. The minimum Gasteiger partial charge on any atom is -0.379 e. The summed E-state index contributed by atoms with van der Waals surface area (Å²) in [6, 6.07) is 6.44. The van der Waals surface area contributed by atoms with E-state index in [9.17, 15) is 0 Å². The molecule has 1 fully saturated rings. The van der Waals surface area contributed by atoms with E-state index in [0.29, 0.717) is 12.0 Å². The van der Waals surface area contributed by atoms with Gasteiger partial charge < -0.3 is 15.4 Å². The van der Waals surface area contributed by atoms with Gasteiger partial charge in [-0.2, -0.15) is 0 Å². The predicted molar refractivity (Wildman–Crippen MR) is 136 cm³/mol. The van der Waals surface area contributed by atoms with Crippen molar-refractivity contribution in [2.45, 2.75) is 46.1 Å². The van der Waals surface area contributed by atoms with Crippen LogP contribution in [0.2, 0.25) is 0 Å². The van der Waals surface area contributed by atoms with Crippen LogP contribution in [0.1, 0.15) is 39.4 Å². The number of fused-ring (bicyclic) bond motifs is 1. The van der Waals surface area contributed by atoms with Crippen molar-refractivity contribution in [2.75, 3.05) is 45.9 Å². The molecule has 1 atom stereocenters. The fourth-order valence-corrected chi connectivity index (χ4v) is 3.88. The maximum atomic E-state index is 5.53. The Morgan fingerprint density at radius 2 is 2.00 bits per heavy atom. The van der Waals surface area contributed by atoms with Gasteiger partial charge in [0.25, 0.3) is 0 Å². The molecule has 3 heterocycles. The molecule has 0 spiro atoms. The van der Waals surface area contributed by atoms with Gasteiger partial charge in [0.15, 0.2) is 11.6 Å². The maximum absolute atomic E-state index is 5.53. The highest BCUT2D eigenvalue weighted by molar-refractivity contribution is 14.0. The van der Waals surface area contributed by atoms with Gasteiger partial charge in [0.05, 0.1) is 19.8 Å². The number of aromatic nitrogens is 3. The van der Waals surface area contributed by atoms with Gasteiger partial charge in [-0.15, -0.1) is 34.2 Å². The molecule has 174 valence electrons. The molecule has 0 aromatic carbocycles. The Morgan fingerprint density at radius 3 is 2.74 bits per heavy atom. The second-order valence-corrected chi connectivity index (χ2v) is 8.23. The highest BCUT2D eigenvalue weighted by Gasteiger charge is 2.21. The minimum atomic E-state index is 0. The number of hydrogen-bond donors (Lipinski definition) is 2. The zero-order valence-corrected chi connectivity index (χ0v) is 21.4. The van der Waals surface area contributed by atoms with Crippen molar-refractivity contribution in [2.24, 2.45) is 10.9 Å². The van der Waals surface area contributed by atoms with Crippen LogP contribution in [0.3, 0.4) is 0 Å². The Morgan fingerprint density at radius 1 is 1.19 bits per heavy atom. The van der Waals surface area contributed by atoms with E-state index >= 15 is 0 Å². The number of aryl methyl sites for hydroxylation is 1. The van der Waals surface area contributed by atoms with Crippen LogP contribution in [0.5, 0.6) is 0 Å². The molecular formula is C22H38IN7O. The van der Waals surface area contributed by atoms with Gasteiger partial charge in [-0.1, -0.05) is 19.9 Å². The number of guanidine groups is 1. The number of nitrogens with one attached hydrogen (secondary N) is 2. The Hall–Kier alpha value is -1.46. The summed E-state index contributed by atoms with van der Waals surface area (Å²) in [6.45, 7) is 12.8. The molecule has 1 aliphatic heterocycles. The van der Waals surface area contributed by atoms with Crippen molar-refractivity contribution in [1.82, 2.24) is 30.1 Å². The topological polar surface area (TPSA) is 79.1 Å². The SMILES string of the molecule is CCNC(=NCC(CC(C)C)N1CCOCC1)NCCCc1nnc2ccccn12.I. The average Bonchev–Trinajstić information content (AvgIpc) is 3.17. The molecule has 31 heavy (non-hydrogen) atoms. The molecule has 1 unspecified atom stereocenters. The molecule has 0 aliphatic carbocycles. The zero-order valence-electron chi connectivity index (χ0n) is 19.1. The highest BCUT2D eigenvalue weighted by atomic mass is 127. The third kappa shape index (κ3) is 8.19. The van der Waals surface area contributed by atoms with Gasteiger partial charge in [-0.05, 0) is 37.8 Å². The first-order chi connectivity index (χ1) is 14.7. The molecule has 1 saturated heterocycles. The molecule has 0 saturated carbocycles. The number of rotatable bonds is 10. The molecule has 2 aromatic heterocycles. The number of nitrogens with zero attached hydrogens (tertiary/aromatic N) is 5. The lowest BCUT2D eigenvalue weighted by Crippen LogP contribution is -2.46. The summed E-state index contributed by atoms with van der Waals surface area (Å²) < 4.78 is 7.58. The van der Waals surface area contributed by atoms with E-state index in [-0.39, 0.29) is 24.0 Å². The van der Waals surface area contributed by atoms with E-state index in [4.69, 9.17) is 9.73 Å². The molecule has 2 aromatic rings. The number of morpholine rings is 1. The van der Waals surface area contributed by atoms with Crippen molar-refractivity contribution in [3.63, 3.8) is 0 Å². The predicted octanol–water partition coefficient (Wildman–Crippen LogP) is 2.58. The monoisotopic (exact) mass is 543 g/mol. The van der Waals surface area contributed by atoms with Crippen LogP contribution < -0.4 is 10.6 Å². The normalized spacial score (nSPS) is 16.3. The van der Waals surface area contributed by atoms with Crippen molar-refractivity contribution >= 4 is 35.6 Å². The molecule has 8 nitrogen and oxygen atoms in total. The molecule has 2 N–H and O–H groups in total. The van der Waals surface area contributed by atoms with Crippen LogP contribution >= 0.6 is 24.0 Å². The molecular weight excluding hydrogens is 505 g/mol. The van der Waals surface area contributed by atoms with Crippen LogP contribution in [0.15, 0.2) is 29.4 Å². The van der Waals surface area contributed by atoms with Crippen LogP contribution in [0, 0.1) is 5.92 Å². The molecule has 9 heteroatoms. The fourth-order valence-electron chi connectivity index (χ4n) is 3.88. The van der Waals surface area contributed by atoms with Crippen molar-refractivity contribution in [3.8, 4) is 0 Å². The summed E-state index contributed by atoms with van der Waals surface area (Å²) in [5.74, 6) is 2.55. The van der Waals surface area contributed by atoms with E-state index in [0.717, 1.165) is 82.6 Å². The summed E-state index contributed by atoms with van der Waals surface area (Å²) in [5.41, 5.74) is 0.898. The van der Waals surface area contributed by atoms with E-state index in [1.165, 1.54) is 0 Å². The van der Waals surface area contributed by atoms with Gasteiger partial charge in [0, 0.05) is 44.8 Å². The third-order valence-corrected chi connectivity index (χ3v) is 5.36. The molecule has 1 aliphatic rings. The summed E-state index contributed by atoms with van der Waals surface area (Å²) in [4.78, 5) is 7.44. The van der Waals surface area contributed by atoms with Gasteiger partial charge in [-0.25, -0.2) is 0 Å². The summed E-state index contributed by atoms with van der Waals surface area (Å²) >= 11 is 0. The first-order valence-electron chi connectivity index (χ1n) is 11.3. The second-order valence-electron chi connectivity index (χ2n) is 8.23. The van der Waals surface area contributed by atoms with Gasteiger partial charge in [0.1, 0.15) is 5.82 Å². The van der Waals surface area contributed by atoms with E-state index < -0.39 is 0 Å². The standard InChI is InChI=1S/C22H37N7O.HI/c1-4-23-22(25-17-19(16-18(2)3)28-12-14-30-15-13-28)24-10-7-9-21-27-26-20-8-5-6-11-29(20)21;/h5-6,8,11,18-19H,4,7,9-10,12-17H2,1-3H3,(H2,23,24,25);1H. The first kappa shape index (κ1) is 25.8. The van der Waals surface area contributed by atoms with Crippen LogP contribution in [0.25, 0.3) is 5.65 Å². The molecule has 3 rings (SSSR count). The fraction of sp³-hybridized carbons (Fsp3) is 0.682. The van der Waals surface area contributed by atoms with E-state index in [2.05, 4.69) is 50.9 Å². The lowest BCUT2D eigenvalue weighted by Gasteiger charge is -2.34. The van der Waals surface area contributed by atoms with Gasteiger partial charge >= 0.3 is 0 Å². The highest BCUT2D eigenvalue weighted by Crippen LogP contribution is 2.14. The zero-order chi connectivity index (χ0) is 21.2. The van der Waals surface area contributed by atoms with Crippen LogP contribution in [-0.4, -0.2) is 77.4 Å². The lowest BCUT2D eigenvalue weighted by atomic mass is 10.0. The quantitative estimate of drug-likeness (QED) is 0.208. The third-order valence-electron chi connectivity index (χ3n) is 5.36. The number of pyridine rings is 1. The Balaban J connectivity index is 0.00000341. The van der Waals surface area contributed by atoms with E-state index in [1.807, 2.05) is 24.4 Å². The van der Waals surface area contributed by atoms with Crippen LogP contribution in [0.4, 0.5) is 0 Å². The average molecular weight is 543 g/mol. The largest absolute Gasteiger partial charge is 0.379 e. The first-order valence-corrected chi connectivity index (χ1v) is 11.3. The Labute approximate surface area is 203 Å². The summed E-state index contributed by atoms with van der Waals surface area (Å²) in [5, 5.41) is 15.4. The maximum Gasteiger partial charge on any atom is 0.191 e. The molecule has 0 amide bonds. The van der Waals surface area contributed by atoms with Gasteiger partial charge in [0.2, 0.25) is 0 Å². The molecule has 0 bridgehead atoms. The Kier molecular flexibility index (Phi) is 11.5. The molecule has 0 radical (unpaired) electrons. The van der Waals surface area contributed by atoms with Crippen molar-refractivity contribution in [3.05, 3.63) is 30.2 Å². The van der Waals surface area contributed by atoms with E-state index in [1.54, 1.807) is 0 Å². The van der Waals surface area contributed by atoms with Crippen molar-refractivity contribution in [1.29, 1.82) is 0 Å². The second kappa shape index (κ2) is 13.8. The van der Waals surface area contributed by atoms with Crippen molar-refractivity contribution < 1.29 is 4.74 Å². The summed E-state index contributed by atoms with van der Waals surface area (Å²) in [7, 11) is 0. The van der Waals surface area contributed by atoms with Crippen LogP contribution in [-0.2, 0) is 11.2 Å². The van der Waals surface area contributed by atoms with Gasteiger partial charge in [-0.3, -0.25) is 14.3 Å². The smallest absolute Gasteiger partial charge is 0.191 e. The summed E-state index contributed by atoms with van der Waals surface area (Å²) in [6.07, 6.45) is 5.02. The number of hydrogen-bond acceptors (Lipinski definition) is 5. The Bertz CT molecular complexity index is 789. The number of ether oxygens (including phenoxy) is 1. The number of halogens is 1. The number of aliphatic imine (C=N–C) groups is 1. The minimum absolute atomic E-state index is 0.